The number of carbonyl (C=O) groups excluding carboxylic acids is 1. The lowest BCUT2D eigenvalue weighted by atomic mass is 10.1. The molecule has 0 fully saturated rings. The summed E-state index contributed by atoms with van der Waals surface area (Å²) in [4.78, 5) is 22.9. The Hall–Kier alpha value is -4.22. The summed E-state index contributed by atoms with van der Waals surface area (Å²) in [7, 11) is 0. The Kier molecular flexibility index (Phi) is 7.16. The summed E-state index contributed by atoms with van der Waals surface area (Å²) in [5, 5.41) is 23.2. The molecule has 7 nitrogen and oxygen atoms in total. The van der Waals surface area contributed by atoms with E-state index in [1.54, 1.807) is 36.4 Å². The number of hydrogen-bond donors (Lipinski definition) is 1. The minimum absolute atomic E-state index is 0.0725. The molecule has 0 aliphatic heterocycles. The molecule has 32 heavy (non-hydrogen) atoms. The van der Waals surface area contributed by atoms with Gasteiger partial charge in [-0.1, -0.05) is 35.9 Å². The molecular weight excluding hydrogens is 437 g/mol. The SMILES string of the molecule is N#C/C(=C\c1cc(Cl)ccc1OCc1ccccc1F)C(=O)Nc1cccc([N+](=O)[O-])c1. The summed E-state index contributed by atoms with van der Waals surface area (Å²) in [6, 6.07) is 17.9. The number of rotatable bonds is 7. The average molecular weight is 452 g/mol. The number of nitrogens with one attached hydrogen (secondary N) is 1. The van der Waals surface area contributed by atoms with Crippen LogP contribution >= 0.6 is 11.6 Å². The van der Waals surface area contributed by atoms with Crippen LogP contribution in [0.3, 0.4) is 0 Å². The topological polar surface area (TPSA) is 105 Å². The number of ether oxygens (including phenoxy) is 1. The Morgan fingerprint density at radius 1 is 1.19 bits per heavy atom. The second-order valence-corrected chi connectivity index (χ2v) is 6.93. The number of non-ortho nitro benzene ring substituents is 1. The number of amides is 1. The van der Waals surface area contributed by atoms with E-state index in [0.29, 0.717) is 16.1 Å². The monoisotopic (exact) mass is 451 g/mol. The van der Waals surface area contributed by atoms with Crippen LogP contribution in [0.15, 0.2) is 72.3 Å². The van der Waals surface area contributed by atoms with Crippen molar-refractivity contribution in [3.05, 3.63) is 104 Å². The maximum atomic E-state index is 13.9. The molecule has 0 spiro atoms. The van der Waals surface area contributed by atoms with Crippen LogP contribution in [0.1, 0.15) is 11.1 Å². The van der Waals surface area contributed by atoms with Crippen molar-refractivity contribution in [1.29, 1.82) is 5.26 Å². The summed E-state index contributed by atoms with van der Waals surface area (Å²) < 4.78 is 19.5. The average Bonchev–Trinajstić information content (AvgIpc) is 2.78. The van der Waals surface area contributed by atoms with Gasteiger partial charge in [-0.25, -0.2) is 4.39 Å². The first-order chi connectivity index (χ1) is 15.4. The van der Waals surface area contributed by atoms with E-state index in [9.17, 15) is 24.6 Å². The van der Waals surface area contributed by atoms with Gasteiger partial charge in [-0.05, 0) is 36.4 Å². The van der Waals surface area contributed by atoms with E-state index in [4.69, 9.17) is 16.3 Å². The standard InChI is InChI=1S/C23H15ClFN3O4/c24-18-8-9-22(32-14-15-4-1-2-7-21(15)25)16(11-18)10-17(13-26)23(29)27-19-5-3-6-20(12-19)28(30)31/h1-12H,14H2,(H,27,29)/b17-10+. The number of halogens is 2. The number of nitro groups is 1. The lowest BCUT2D eigenvalue weighted by Crippen LogP contribution is -2.13. The van der Waals surface area contributed by atoms with E-state index >= 15 is 0 Å². The van der Waals surface area contributed by atoms with E-state index in [1.807, 2.05) is 0 Å². The van der Waals surface area contributed by atoms with Crippen molar-refractivity contribution in [2.24, 2.45) is 0 Å². The lowest BCUT2D eigenvalue weighted by Gasteiger charge is -2.11. The summed E-state index contributed by atoms with van der Waals surface area (Å²) >= 11 is 6.05. The van der Waals surface area contributed by atoms with Gasteiger partial charge < -0.3 is 10.1 Å². The quantitative estimate of drug-likeness (QED) is 0.220. The highest BCUT2D eigenvalue weighted by molar-refractivity contribution is 6.30. The fourth-order valence-electron chi connectivity index (χ4n) is 2.73. The lowest BCUT2D eigenvalue weighted by molar-refractivity contribution is -0.384. The third-order valence-corrected chi connectivity index (χ3v) is 4.53. The molecule has 0 aliphatic carbocycles. The highest BCUT2D eigenvalue weighted by Gasteiger charge is 2.14. The Morgan fingerprint density at radius 2 is 1.97 bits per heavy atom. The summed E-state index contributed by atoms with van der Waals surface area (Å²) in [6.07, 6.45) is 1.27. The molecule has 0 aromatic heterocycles. The first kappa shape index (κ1) is 22.5. The Labute approximate surface area is 187 Å². The van der Waals surface area contributed by atoms with E-state index in [0.717, 1.165) is 0 Å². The first-order valence-corrected chi connectivity index (χ1v) is 9.58. The zero-order valence-corrected chi connectivity index (χ0v) is 17.2. The normalized spacial score (nSPS) is 10.8. The Morgan fingerprint density at radius 3 is 2.69 bits per heavy atom. The van der Waals surface area contributed by atoms with Crippen LogP contribution in [-0.4, -0.2) is 10.8 Å². The van der Waals surface area contributed by atoms with Gasteiger partial charge >= 0.3 is 0 Å². The minimum Gasteiger partial charge on any atom is -0.488 e. The minimum atomic E-state index is -0.770. The third-order valence-electron chi connectivity index (χ3n) is 4.29. The van der Waals surface area contributed by atoms with Gasteiger partial charge in [0.05, 0.1) is 4.92 Å². The molecule has 0 saturated carbocycles. The molecule has 160 valence electrons. The van der Waals surface area contributed by atoms with E-state index < -0.39 is 16.6 Å². The summed E-state index contributed by atoms with van der Waals surface area (Å²) in [5.74, 6) is -0.908. The molecular formula is C23H15ClFN3O4. The van der Waals surface area contributed by atoms with Crippen LogP contribution in [-0.2, 0) is 11.4 Å². The molecule has 0 unspecified atom stereocenters. The van der Waals surface area contributed by atoms with Crippen molar-refractivity contribution in [2.75, 3.05) is 5.32 Å². The van der Waals surface area contributed by atoms with Crippen molar-refractivity contribution in [2.45, 2.75) is 6.61 Å². The number of anilines is 1. The molecule has 9 heteroatoms. The van der Waals surface area contributed by atoms with E-state index in [2.05, 4.69) is 5.32 Å². The molecule has 0 bridgehead atoms. The van der Waals surface area contributed by atoms with Crippen LogP contribution in [0, 0.1) is 27.3 Å². The van der Waals surface area contributed by atoms with Crippen LogP contribution in [0.4, 0.5) is 15.8 Å². The fourth-order valence-corrected chi connectivity index (χ4v) is 2.91. The molecule has 0 saturated heterocycles. The Balaban J connectivity index is 1.84. The van der Waals surface area contributed by atoms with Crippen LogP contribution < -0.4 is 10.1 Å². The number of nitro benzene ring substituents is 1. The maximum absolute atomic E-state index is 13.9. The molecule has 0 atom stereocenters. The highest BCUT2D eigenvalue weighted by atomic mass is 35.5. The van der Waals surface area contributed by atoms with Crippen molar-refractivity contribution >= 4 is 35.0 Å². The smallest absolute Gasteiger partial charge is 0.271 e. The number of nitriles is 1. The molecule has 0 radical (unpaired) electrons. The number of benzene rings is 3. The van der Waals surface area contributed by atoms with E-state index in [1.165, 1.54) is 42.5 Å². The van der Waals surface area contributed by atoms with Gasteiger partial charge in [0, 0.05) is 34.0 Å². The fraction of sp³-hybridized carbons (Fsp3) is 0.0435. The molecule has 1 amide bonds. The van der Waals surface area contributed by atoms with Gasteiger partial charge in [0.2, 0.25) is 0 Å². The van der Waals surface area contributed by atoms with Gasteiger partial charge in [-0.15, -0.1) is 0 Å². The van der Waals surface area contributed by atoms with Crippen LogP contribution in [0.2, 0.25) is 5.02 Å². The van der Waals surface area contributed by atoms with Crippen LogP contribution in [0.5, 0.6) is 5.75 Å². The van der Waals surface area contributed by atoms with Gasteiger partial charge in [0.1, 0.15) is 29.8 Å². The van der Waals surface area contributed by atoms with Crippen molar-refractivity contribution in [1.82, 2.24) is 0 Å². The van der Waals surface area contributed by atoms with Crippen LogP contribution in [0.25, 0.3) is 6.08 Å². The number of carbonyl (C=O) groups is 1. The molecule has 1 N–H and O–H groups in total. The maximum Gasteiger partial charge on any atom is 0.271 e. The largest absolute Gasteiger partial charge is 0.488 e. The Bertz CT molecular complexity index is 1250. The molecule has 0 aliphatic rings. The predicted octanol–water partition coefficient (Wildman–Crippen LogP) is 5.51. The number of nitrogens with zero attached hydrogens (tertiary/aromatic N) is 2. The molecule has 3 aromatic rings. The van der Waals surface area contributed by atoms with Crippen molar-refractivity contribution in [3.8, 4) is 11.8 Å². The summed E-state index contributed by atoms with van der Waals surface area (Å²) in [5.41, 5.74) is 0.340. The number of hydrogen-bond acceptors (Lipinski definition) is 5. The van der Waals surface area contributed by atoms with Crippen molar-refractivity contribution in [3.63, 3.8) is 0 Å². The van der Waals surface area contributed by atoms with Gasteiger partial charge in [-0.2, -0.15) is 5.26 Å². The van der Waals surface area contributed by atoms with E-state index in [-0.39, 0.29) is 29.3 Å². The predicted molar refractivity (Wildman–Crippen MR) is 118 cm³/mol. The molecule has 3 aromatic carbocycles. The third kappa shape index (κ3) is 5.68. The van der Waals surface area contributed by atoms with Gasteiger partial charge in [0.15, 0.2) is 0 Å². The molecule has 0 heterocycles. The molecule has 3 rings (SSSR count). The first-order valence-electron chi connectivity index (χ1n) is 9.20. The van der Waals surface area contributed by atoms with Gasteiger partial charge in [-0.3, -0.25) is 14.9 Å². The zero-order chi connectivity index (χ0) is 23.1. The summed E-state index contributed by atoms with van der Waals surface area (Å²) in [6.45, 7) is -0.0725. The zero-order valence-electron chi connectivity index (χ0n) is 16.4. The van der Waals surface area contributed by atoms with Gasteiger partial charge in [0.25, 0.3) is 11.6 Å². The second-order valence-electron chi connectivity index (χ2n) is 6.49. The highest BCUT2D eigenvalue weighted by Crippen LogP contribution is 2.27. The van der Waals surface area contributed by atoms with Crippen molar-refractivity contribution < 1.29 is 18.8 Å². The second kappa shape index (κ2) is 10.2.